The number of benzene rings is 2. The molecule has 3 aromatic rings. The van der Waals surface area contributed by atoms with E-state index >= 15 is 0 Å². The lowest BCUT2D eigenvalue weighted by Gasteiger charge is -1.95. The van der Waals surface area contributed by atoms with Crippen LogP contribution in [0, 0.1) is 18.8 Å². The summed E-state index contributed by atoms with van der Waals surface area (Å²) in [7, 11) is 1.84. The maximum Gasteiger partial charge on any atom is 0.239 e. The van der Waals surface area contributed by atoms with Gasteiger partial charge in [-0.15, -0.1) is 0 Å². The van der Waals surface area contributed by atoms with E-state index in [-0.39, 0.29) is 5.78 Å². The molecule has 0 amide bonds. The Morgan fingerprint density at radius 1 is 1.09 bits per heavy atom. The summed E-state index contributed by atoms with van der Waals surface area (Å²) in [6.07, 6.45) is 0. The third-order valence-electron chi connectivity index (χ3n) is 3.63. The monoisotopic (exact) mass is 307 g/mol. The van der Waals surface area contributed by atoms with Gasteiger partial charge in [0.1, 0.15) is 5.15 Å². The summed E-state index contributed by atoms with van der Waals surface area (Å²) in [6.45, 7) is 2.01. The van der Waals surface area contributed by atoms with Gasteiger partial charge in [0, 0.05) is 23.5 Å². The minimum Gasteiger partial charge on any atom is -0.334 e. The Bertz CT molecular complexity index is 924. The van der Waals surface area contributed by atoms with Crippen LogP contribution in [0.2, 0.25) is 5.15 Å². The third-order valence-corrected chi connectivity index (χ3v) is 4.08. The van der Waals surface area contributed by atoms with Gasteiger partial charge in [-0.3, -0.25) is 4.79 Å². The smallest absolute Gasteiger partial charge is 0.239 e. The van der Waals surface area contributed by atoms with Crippen LogP contribution in [0.4, 0.5) is 0 Å². The molecule has 0 saturated carbocycles. The van der Waals surface area contributed by atoms with E-state index in [2.05, 4.69) is 11.8 Å². The number of para-hydroxylation sites is 1. The Labute approximate surface area is 134 Å². The maximum absolute atomic E-state index is 12.5. The summed E-state index contributed by atoms with van der Waals surface area (Å²) in [5, 5.41) is 1.25. The Hall–Kier alpha value is -2.50. The summed E-state index contributed by atoms with van der Waals surface area (Å²) in [5.74, 6) is 5.34. The molecule has 0 fully saturated rings. The van der Waals surface area contributed by atoms with Crippen molar-refractivity contribution in [1.82, 2.24) is 4.57 Å². The number of carbonyl (C=O) groups is 1. The van der Waals surface area contributed by atoms with E-state index in [0.717, 1.165) is 22.0 Å². The number of hydrogen-bond donors (Lipinski definition) is 0. The van der Waals surface area contributed by atoms with Crippen molar-refractivity contribution in [3.63, 3.8) is 0 Å². The average molecular weight is 308 g/mol. The quantitative estimate of drug-likeness (QED) is 0.483. The van der Waals surface area contributed by atoms with Crippen molar-refractivity contribution in [2.24, 2.45) is 7.05 Å². The topological polar surface area (TPSA) is 22.0 Å². The molecule has 0 aliphatic carbocycles. The van der Waals surface area contributed by atoms with Crippen LogP contribution in [0.1, 0.15) is 21.5 Å². The molecule has 3 rings (SSSR count). The van der Waals surface area contributed by atoms with E-state index in [0.29, 0.717) is 10.7 Å². The normalized spacial score (nSPS) is 10.3. The lowest BCUT2D eigenvalue weighted by Crippen LogP contribution is -1.96. The van der Waals surface area contributed by atoms with Crippen molar-refractivity contribution >= 4 is 28.3 Å². The molecule has 0 unspecified atom stereocenters. The van der Waals surface area contributed by atoms with Crippen LogP contribution in [0.3, 0.4) is 0 Å². The summed E-state index contributed by atoms with van der Waals surface area (Å²) >= 11 is 6.31. The zero-order valence-corrected chi connectivity index (χ0v) is 13.1. The van der Waals surface area contributed by atoms with Crippen LogP contribution in [0.25, 0.3) is 10.9 Å². The molecule has 0 aliphatic rings. The lowest BCUT2D eigenvalue weighted by atomic mass is 10.1. The molecule has 0 N–H and O–H groups in total. The Balaban J connectivity index is 2.04. The first-order valence-corrected chi connectivity index (χ1v) is 7.31. The molecule has 2 nitrogen and oxygen atoms in total. The second kappa shape index (κ2) is 5.71. The molecule has 2 aromatic carbocycles. The minimum atomic E-state index is -0.262. The van der Waals surface area contributed by atoms with E-state index in [4.69, 9.17) is 11.6 Å². The van der Waals surface area contributed by atoms with E-state index in [1.165, 1.54) is 0 Å². The van der Waals surface area contributed by atoms with Gasteiger partial charge in [0.25, 0.3) is 0 Å². The molecule has 0 radical (unpaired) electrons. The molecule has 0 saturated heterocycles. The van der Waals surface area contributed by atoms with E-state index in [1.54, 1.807) is 4.57 Å². The van der Waals surface area contributed by atoms with Gasteiger partial charge in [0.2, 0.25) is 5.78 Å². The van der Waals surface area contributed by atoms with E-state index in [9.17, 15) is 4.79 Å². The standard InChI is InChI=1S/C19H14ClNO/c1-13-7-9-14(10-8-13)11-12-17(22)18-15-5-3-4-6-16(15)21(2)19(18)20/h3-10H,1-2H3. The van der Waals surface area contributed by atoms with Gasteiger partial charge >= 0.3 is 0 Å². The predicted molar refractivity (Wildman–Crippen MR) is 90.3 cm³/mol. The number of ketones is 1. The zero-order chi connectivity index (χ0) is 15.7. The highest BCUT2D eigenvalue weighted by Gasteiger charge is 2.18. The van der Waals surface area contributed by atoms with Gasteiger partial charge in [0.05, 0.1) is 5.56 Å². The van der Waals surface area contributed by atoms with E-state index in [1.807, 2.05) is 62.5 Å². The van der Waals surface area contributed by atoms with Crippen molar-refractivity contribution in [3.05, 3.63) is 70.4 Å². The molecule has 0 aliphatic heterocycles. The van der Waals surface area contributed by atoms with Crippen molar-refractivity contribution in [2.45, 2.75) is 6.92 Å². The van der Waals surface area contributed by atoms with Gasteiger partial charge in [0.15, 0.2) is 0 Å². The van der Waals surface area contributed by atoms with Gasteiger partial charge in [-0.1, -0.05) is 53.4 Å². The average Bonchev–Trinajstić information content (AvgIpc) is 2.79. The highest BCUT2D eigenvalue weighted by atomic mass is 35.5. The summed E-state index contributed by atoms with van der Waals surface area (Å²) in [6, 6.07) is 15.4. The number of carbonyl (C=O) groups excluding carboxylic acids is 1. The van der Waals surface area contributed by atoms with Crippen LogP contribution in [-0.2, 0) is 7.05 Å². The van der Waals surface area contributed by atoms with Gasteiger partial charge in [-0.2, -0.15) is 0 Å². The van der Waals surface area contributed by atoms with Crippen LogP contribution < -0.4 is 0 Å². The molecule has 0 atom stereocenters. The summed E-state index contributed by atoms with van der Waals surface area (Å²) in [5.41, 5.74) is 3.37. The fraction of sp³-hybridized carbons (Fsp3) is 0.105. The number of hydrogen-bond acceptors (Lipinski definition) is 1. The molecule has 108 valence electrons. The van der Waals surface area contributed by atoms with Crippen molar-refractivity contribution in [3.8, 4) is 11.8 Å². The summed E-state index contributed by atoms with van der Waals surface area (Å²) in [4.78, 5) is 12.5. The number of halogens is 1. The predicted octanol–water partition coefficient (Wildman–Crippen LogP) is 4.37. The molecule has 1 heterocycles. The van der Waals surface area contributed by atoms with Gasteiger partial charge in [-0.05, 0) is 31.0 Å². The second-order valence-corrected chi connectivity index (χ2v) is 5.55. The first-order chi connectivity index (χ1) is 10.6. The number of fused-ring (bicyclic) bond motifs is 1. The van der Waals surface area contributed by atoms with Crippen molar-refractivity contribution in [2.75, 3.05) is 0 Å². The highest BCUT2D eigenvalue weighted by molar-refractivity contribution is 6.37. The first-order valence-electron chi connectivity index (χ1n) is 6.94. The molecule has 1 aromatic heterocycles. The molecule has 0 spiro atoms. The van der Waals surface area contributed by atoms with Crippen LogP contribution in [-0.4, -0.2) is 10.4 Å². The highest BCUT2D eigenvalue weighted by Crippen LogP contribution is 2.29. The lowest BCUT2D eigenvalue weighted by molar-refractivity contribution is 0.105. The number of nitrogens with zero attached hydrogens (tertiary/aromatic N) is 1. The van der Waals surface area contributed by atoms with Crippen LogP contribution in [0.5, 0.6) is 0 Å². The van der Waals surface area contributed by atoms with Gasteiger partial charge in [-0.25, -0.2) is 0 Å². The number of Topliss-reactive ketones (excluding diaryl/α,β-unsaturated/α-hetero) is 1. The maximum atomic E-state index is 12.5. The Morgan fingerprint density at radius 3 is 2.50 bits per heavy atom. The SMILES string of the molecule is Cc1ccc(C#CC(=O)c2c(Cl)n(C)c3ccccc23)cc1. The third kappa shape index (κ3) is 2.52. The second-order valence-electron chi connectivity index (χ2n) is 5.19. The number of rotatable bonds is 1. The Kier molecular flexibility index (Phi) is 3.75. The van der Waals surface area contributed by atoms with Crippen LogP contribution in [0.15, 0.2) is 48.5 Å². The molecule has 22 heavy (non-hydrogen) atoms. The van der Waals surface area contributed by atoms with Crippen LogP contribution >= 0.6 is 11.6 Å². The molecule has 0 bridgehead atoms. The number of aryl methyl sites for hydroxylation is 2. The number of aromatic nitrogens is 1. The zero-order valence-electron chi connectivity index (χ0n) is 12.4. The largest absolute Gasteiger partial charge is 0.334 e. The summed E-state index contributed by atoms with van der Waals surface area (Å²) < 4.78 is 1.80. The van der Waals surface area contributed by atoms with Crippen molar-refractivity contribution < 1.29 is 4.79 Å². The fourth-order valence-corrected chi connectivity index (χ4v) is 2.69. The molecule has 3 heteroatoms. The first kappa shape index (κ1) is 14.4. The van der Waals surface area contributed by atoms with E-state index < -0.39 is 0 Å². The van der Waals surface area contributed by atoms with Gasteiger partial charge < -0.3 is 4.57 Å². The minimum absolute atomic E-state index is 0.262. The molecular weight excluding hydrogens is 294 g/mol. The van der Waals surface area contributed by atoms with Crippen molar-refractivity contribution in [1.29, 1.82) is 0 Å². The molecular formula is C19H14ClNO. The fourth-order valence-electron chi connectivity index (χ4n) is 2.41. The Morgan fingerprint density at radius 2 is 1.77 bits per heavy atom.